The number of ether oxygens (including phenoxy) is 4. The highest BCUT2D eigenvalue weighted by molar-refractivity contribution is 5.99. The number of benzene rings is 2. The number of methoxy groups -OCH3 is 4. The Kier molecular flexibility index (Phi) is 6.38. The summed E-state index contributed by atoms with van der Waals surface area (Å²) in [5.74, 6) is 2.85. The molecule has 28 heavy (non-hydrogen) atoms. The van der Waals surface area contributed by atoms with E-state index in [1.807, 2.05) is 30.5 Å². The van der Waals surface area contributed by atoms with Gasteiger partial charge in [0.15, 0.2) is 35.4 Å². The molecule has 2 aromatic carbocycles. The van der Waals surface area contributed by atoms with Crippen molar-refractivity contribution in [3.05, 3.63) is 48.8 Å². The molecule has 0 atom stereocenters. The molecule has 0 radical (unpaired) electrons. The van der Waals surface area contributed by atoms with Crippen LogP contribution in [0.5, 0.6) is 23.0 Å². The fraction of sp³-hybridized carbons (Fsp3) is 0.190. The molecule has 0 spiro atoms. The van der Waals surface area contributed by atoms with Crippen molar-refractivity contribution < 1.29 is 41.2 Å². The summed E-state index contributed by atoms with van der Waals surface area (Å²) >= 11 is 0. The predicted molar refractivity (Wildman–Crippen MR) is 104 cm³/mol. The zero-order valence-corrected chi connectivity index (χ0v) is 16.8. The molecule has 6 nitrogen and oxygen atoms in total. The van der Waals surface area contributed by atoms with Gasteiger partial charge >= 0.3 is 0 Å². The van der Waals surface area contributed by atoms with E-state index in [0.29, 0.717) is 17.2 Å². The first-order chi connectivity index (χ1) is 12.7. The van der Waals surface area contributed by atoms with Crippen LogP contribution < -0.4 is 35.8 Å². The maximum absolute atomic E-state index is 5.48. The molecule has 7 heteroatoms. The zero-order valence-electron chi connectivity index (χ0n) is 16.1. The van der Waals surface area contributed by atoms with E-state index in [9.17, 15) is 0 Å². The van der Waals surface area contributed by atoms with Gasteiger partial charge in [0.05, 0.1) is 39.2 Å². The molecule has 0 saturated carbocycles. The minimum Gasteiger partial charge on any atom is -1.00 e. The van der Waals surface area contributed by atoms with Crippen molar-refractivity contribution in [1.29, 1.82) is 0 Å². The molecule has 2 aromatic heterocycles. The lowest BCUT2D eigenvalue weighted by molar-refractivity contribution is -0.509. The van der Waals surface area contributed by atoms with E-state index in [-0.39, 0.29) is 17.9 Å². The summed E-state index contributed by atoms with van der Waals surface area (Å²) in [6.07, 6.45) is 4.13. The topological polar surface area (TPSA) is 72.5 Å². The largest absolute Gasteiger partial charge is 1.00 e. The summed E-state index contributed by atoms with van der Waals surface area (Å²) in [7, 11) is 6.58. The van der Waals surface area contributed by atoms with E-state index in [2.05, 4.69) is 22.7 Å². The smallest absolute Gasteiger partial charge is 0.219 e. The Balaban J connectivity index is 0.00000140. The highest BCUT2D eigenvalue weighted by Crippen LogP contribution is 2.35. The van der Waals surface area contributed by atoms with E-state index in [1.54, 1.807) is 28.4 Å². The predicted octanol–water partition coefficient (Wildman–Crippen LogP) is -0.0546. The summed E-state index contributed by atoms with van der Waals surface area (Å²) in [6.45, 7) is 0. The minimum atomic E-state index is 0. The molecule has 0 amide bonds. The average Bonchev–Trinajstić information content (AvgIpc) is 2.69. The highest BCUT2D eigenvalue weighted by atomic mass is 35.5. The van der Waals surface area contributed by atoms with Crippen molar-refractivity contribution in [2.24, 2.45) is 0 Å². The summed E-state index contributed by atoms with van der Waals surface area (Å²) in [4.78, 5) is 0. The monoisotopic (exact) mass is 403 g/mol. The first-order valence-corrected chi connectivity index (χ1v) is 8.24. The second-order valence-corrected chi connectivity index (χ2v) is 6.01. The summed E-state index contributed by atoms with van der Waals surface area (Å²) in [5.41, 5.74) is 1.07. The van der Waals surface area contributed by atoms with Gasteiger partial charge in [-0.3, -0.25) is 0 Å². The van der Waals surface area contributed by atoms with Gasteiger partial charge in [-0.05, 0) is 35.0 Å². The Morgan fingerprint density at radius 2 is 1.14 bits per heavy atom. The van der Waals surface area contributed by atoms with Crippen LogP contribution in [0.3, 0.4) is 0 Å². The first-order valence-electron chi connectivity index (χ1n) is 8.24. The molecule has 0 aliphatic heterocycles. The van der Waals surface area contributed by atoms with Crippen LogP contribution in [0, 0.1) is 0 Å². The van der Waals surface area contributed by atoms with Crippen molar-refractivity contribution in [3.63, 3.8) is 0 Å². The molecule has 0 bridgehead atoms. The molecule has 0 aliphatic rings. The third kappa shape index (κ3) is 3.32. The molecule has 2 N–H and O–H groups in total. The van der Waals surface area contributed by atoms with Crippen molar-refractivity contribution in [2.45, 2.75) is 0 Å². The fourth-order valence-corrected chi connectivity index (χ4v) is 3.34. The van der Waals surface area contributed by atoms with Gasteiger partial charge in [-0.1, -0.05) is 0 Å². The fourth-order valence-electron chi connectivity index (χ4n) is 3.34. The van der Waals surface area contributed by atoms with E-state index >= 15 is 0 Å². The number of fused-ring (bicyclic) bond motifs is 4. The Bertz CT molecular complexity index is 1140. The van der Waals surface area contributed by atoms with Crippen molar-refractivity contribution >= 4 is 27.1 Å². The Labute approximate surface area is 168 Å². The lowest BCUT2D eigenvalue weighted by Crippen LogP contribution is -3.00. The van der Waals surface area contributed by atoms with Crippen LogP contribution in [0.25, 0.3) is 27.1 Å². The molecule has 148 valence electrons. The summed E-state index contributed by atoms with van der Waals surface area (Å²) in [6, 6.07) is 12.2. The number of nitrogens with zero attached hydrogens (tertiary/aromatic N) is 1. The number of rotatable bonds is 4. The quantitative estimate of drug-likeness (QED) is 0.272. The van der Waals surface area contributed by atoms with Crippen LogP contribution in [0.4, 0.5) is 0 Å². The number of aromatic nitrogens is 1. The molecule has 4 rings (SSSR count). The van der Waals surface area contributed by atoms with Gasteiger partial charge in [0.1, 0.15) is 0 Å². The molecule has 0 unspecified atom stereocenters. The standard InChI is InChI=1S/C21H20NO4.ClH.H2O/c1-23-18-8-13-5-6-22-12-15-10-20(25-3)19(24-2)9-14(15)7-17(22)16(13)11-21(18)26-4;;/h5-12H,1-4H3;1H;1H2/q+1;;/p-1. The molecule has 2 heterocycles. The molecule has 4 aromatic rings. The van der Waals surface area contributed by atoms with Gasteiger partial charge in [-0.25, -0.2) is 0 Å². The van der Waals surface area contributed by atoms with E-state index < -0.39 is 0 Å². The minimum absolute atomic E-state index is 0. The molecular formula is C21H22ClNO5. The van der Waals surface area contributed by atoms with E-state index in [0.717, 1.165) is 32.8 Å². The number of halogens is 1. The highest BCUT2D eigenvalue weighted by Gasteiger charge is 2.15. The van der Waals surface area contributed by atoms with Crippen LogP contribution in [-0.4, -0.2) is 33.9 Å². The van der Waals surface area contributed by atoms with Crippen LogP contribution in [0.2, 0.25) is 0 Å². The van der Waals surface area contributed by atoms with Gasteiger partial charge in [0.2, 0.25) is 5.52 Å². The molecule has 0 saturated heterocycles. The van der Waals surface area contributed by atoms with Crippen molar-refractivity contribution in [1.82, 2.24) is 0 Å². The second-order valence-electron chi connectivity index (χ2n) is 6.01. The SMILES string of the molecule is COc1cc2cc3c4cc(OC)c(OC)cc4cc[n+]3cc2cc1OC.O.[Cl-]. The van der Waals surface area contributed by atoms with Gasteiger partial charge in [0.25, 0.3) is 0 Å². The van der Waals surface area contributed by atoms with Crippen LogP contribution in [0.1, 0.15) is 0 Å². The number of hydrogen-bond donors (Lipinski definition) is 0. The lowest BCUT2D eigenvalue weighted by atomic mass is 10.1. The molecule has 0 aliphatic carbocycles. The Hall–Kier alpha value is -2.96. The van der Waals surface area contributed by atoms with Gasteiger partial charge < -0.3 is 36.8 Å². The second kappa shape index (κ2) is 8.37. The normalized spacial score (nSPS) is 10.3. The summed E-state index contributed by atoms with van der Waals surface area (Å²) < 4.78 is 23.9. The maximum atomic E-state index is 5.48. The Morgan fingerprint density at radius 3 is 1.71 bits per heavy atom. The van der Waals surface area contributed by atoms with Gasteiger partial charge in [0, 0.05) is 12.1 Å². The van der Waals surface area contributed by atoms with Crippen molar-refractivity contribution in [2.75, 3.05) is 28.4 Å². The van der Waals surface area contributed by atoms with Crippen LogP contribution >= 0.6 is 0 Å². The summed E-state index contributed by atoms with van der Waals surface area (Å²) in [5, 5.41) is 4.31. The van der Waals surface area contributed by atoms with Crippen LogP contribution in [0.15, 0.2) is 48.8 Å². The third-order valence-corrected chi connectivity index (χ3v) is 4.68. The number of pyridine rings is 2. The van der Waals surface area contributed by atoms with Crippen LogP contribution in [-0.2, 0) is 0 Å². The number of hydrogen-bond acceptors (Lipinski definition) is 4. The van der Waals surface area contributed by atoms with Crippen molar-refractivity contribution in [3.8, 4) is 23.0 Å². The lowest BCUT2D eigenvalue weighted by Gasteiger charge is -2.10. The van der Waals surface area contributed by atoms with Gasteiger partial charge in [-0.2, -0.15) is 4.40 Å². The zero-order chi connectivity index (χ0) is 18.3. The third-order valence-electron chi connectivity index (χ3n) is 4.68. The van der Waals surface area contributed by atoms with Gasteiger partial charge in [-0.15, -0.1) is 0 Å². The molecular weight excluding hydrogens is 382 g/mol. The average molecular weight is 404 g/mol. The first kappa shape index (κ1) is 21.3. The molecule has 0 fully saturated rings. The Morgan fingerprint density at radius 1 is 0.643 bits per heavy atom. The van der Waals surface area contributed by atoms with E-state index in [1.165, 1.54) is 0 Å². The maximum Gasteiger partial charge on any atom is 0.219 e. The van der Waals surface area contributed by atoms with E-state index in [4.69, 9.17) is 18.9 Å².